The van der Waals surface area contributed by atoms with Crippen LogP contribution in [0.25, 0.3) is 0 Å². The van der Waals surface area contributed by atoms with Gasteiger partial charge in [0.1, 0.15) is 14.5 Å². The molecule has 2 atom stereocenters. The standard InChI is InChI=1S/C5H8F2S3/c1-3(6)9-5(8)10-4(2)7/h3-4H,1-2H3. The maximum absolute atomic E-state index is 12.1. The highest BCUT2D eigenvalue weighted by molar-refractivity contribution is 8.47. The van der Waals surface area contributed by atoms with Crippen LogP contribution in [0.3, 0.4) is 0 Å². The Kier molecular flexibility index (Phi) is 5.67. The average Bonchev–Trinajstić information content (AvgIpc) is 1.58. The van der Waals surface area contributed by atoms with E-state index in [-0.39, 0.29) is 0 Å². The zero-order chi connectivity index (χ0) is 8.15. The largest absolute Gasteiger partial charge is 0.236 e. The second-order valence-electron chi connectivity index (χ2n) is 1.57. The van der Waals surface area contributed by atoms with Gasteiger partial charge in [-0.3, -0.25) is 0 Å². The number of thioether (sulfide) groups is 2. The molecule has 0 radical (unpaired) electrons. The molecule has 0 aliphatic rings. The van der Waals surface area contributed by atoms with Gasteiger partial charge in [-0.05, 0) is 13.8 Å². The normalized spacial score (nSPS) is 16.4. The molecule has 5 heteroatoms. The van der Waals surface area contributed by atoms with Crippen molar-refractivity contribution in [2.75, 3.05) is 0 Å². The first-order valence-corrected chi connectivity index (χ1v) is 4.84. The fourth-order valence-electron chi connectivity index (χ4n) is 0.293. The number of halogens is 2. The first-order valence-electron chi connectivity index (χ1n) is 2.67. The molecule has 0 fully saturated rings. The lowest BCUT2D eigenvalue weighted by atomic mass is 10.9. The average molecular weight is 202 g/mol. The monoisotopic (exact) mass is 202 g/mol. The molecule has 0 aromatic rings. The molecule has 0 rings (SSSR count). The van der Waals surface area contributed by atoms with Crippen molar-refractivity contribution in [1.82, 2.24) is 0 Å². The third-order valence-corrected chi connectivity index (χ3v) is 2.71. The summed E-state index contributed by atoms with van der Waals surface area (Å²) >= 11 is 6.39. The van der Waals surface area contributed by atoms with Crippen LogP contribution in [0.5, 0.6) is 0 Å². The number of hydrogen-bond acceptors (Lipinski definition) is 3. The third kappa shape index (κ3) is 6.77. The topological polar surface area (TPSA) is 0 Å². The molecule has 0 bridgehead atoms. The molecule has 0 amide bonds. The summed E-state index contributed by atoms with van der Waals surface area (Å²) in [5.41, 5.74) is -2.09. The molecular formula is C5H8F2S3. The highest BCUT2D eigenvalue weighted by atomic mass is 32.2. The molecular weight excluding hydrogens is 194 g/mol. The van der Waals surface area contributed by atoms with E-state index in [2.05, 4.69) is 12.2 Å². The van der Waals surface area contributed by atoms with E-state index in [1.54, 1.807) is 0 Å². The maximum Gasteiger partial charge on any atom is 0.148 e. The van der Waals surface area contributed by atoms with Crippen molar-refractivity contribution in [2.24, 2.45) is 0 Å². The highest BCUT2D eigenvalue weighted by Crippen LogP contribution is 2.25. The second-order valence-corrected chi connectivity index (χ2v) is 5.34. The minimum Gasteiger partial charge on any atom is -0.236 e. The van der Waals surface area contributed by atoms with Crippen molar-refractivity contribution in [1.29, 1.82) is 0 Å². The predicted octanol–water partition coefficient (Wildman–Crippen LogP) is 3.37. The Balaban J connectivity index is 3.44. The number of thiocarbonyl (C=S) groups is 1. The predicted molar refractivity (Wildman–Crippen MR) is 48.9 cm³/mol. The summed E-state index contributed by atoms with van der Waals surface area (Å²) in [6, 6.07) is 0. The zero-order valence-electron chi connectivity index (χ0n) is 5.64. The molecule has 0 aromatic heterocycles. The van der Waals surface area contributed by atoms with Crippen LogP contribution in [0.4, 0.5) is 8.78 Å². The summed E-state index contributed by atoms with van der Waals surface area (Å²) in [5, 5.41) is 0. The summed E-state index contributed by atoms with van der Waals surface area (Å²) in [7, 11) is 0. The quantitative estimate of drug-likeness (QED) is 0.630. The lowest BCUT2D eigenvalue weighted by molar-refractivity contribution is 0.485. The van der Waals surface area contributed by atoms with Gasteiger partial charge in [0.2, 0.25) is 0 Å². The lowest BCUT2D eigenvalue weighted by Crippen LogP contribution is -1.93. The first-order chi connectivity index (χ1) is 4.52. The van der Waals surface area contributed by atoms with Crippen molar-refractivity contribution in [3.05, 3.63) is 0 Å². The summed E-state index contributed by atoms with van der Waals surface area (Å²) < 4.78 is 24.6. The van der Waals surface area contributed by atoms with Crippen LogP contribution in [0.1, 0.15) is 13.8 Å². The molecule has 0 heterocycles. The van der Waals surface area contributed by atoms with Crippen LogP contribution < -0.4 is 0 Å². The van der Waals surface area contributed by atoms with Gasteiger partial charge in [0, 0.05) is 0 Å². The Morgan fingerprint density at radius 3 is 1.70 bits per heavy atom. The number of alkyl halides is 2. The van der Waals surface area contributed by atoms with E-state index in [1.807, 2.05) is 0 Å². The van der Waals surface area contributed by atoms with E-state index in [9.17, 15) is 8.78 Å². The molecule has 0 nitrogen and oxygen atoms in total. The van der Waals surface area contributed by atoms with Crippen molar-refractivity contribution in [3.63, 3.8) is 0 Å². The van der Waals surface area contributed by atoms with E-state index in [1.165, 1.54) is 13.8 Å². The van der Waals surface area contributed by atoms with E-state index in [0.29, 0.717) is 3.53 Å². The minimum atomic E-state index is -1.04. The second kappa shape index (κ2) is 5.32. The van der Waals surface area contributed by atoms with Gasteiger partial charge in [0.15, 0.2) is 0 Å². The smallest absolute Gasteiger partial charge is 0.148 e. The van der Waals surface area contributed by atoms with Gasteiger partial charge >= 0.3 is 0 Å². The van der Waals surface area contributed by atoms with E-state index < -0.39 is 11.0 Å². The minimum absolute atomic E-state index is 0.324. The fraction of sp³-hybridized carbons (Fsp3) is 0.800. The highest BCUT2D eigenvalue weighted by Gasteiger charge is 2.08. The van der Waals surface area contributed by atoms with Crippen LogP contribution in [0.2, 0.25) is 0 Å². The molecule has 0 spiro atoms. The summed E-state index contributed by atoms with van der Waals surface area (Å²) in [4.78, 5) is 0. The van der Waals surface area contributed by atoms with Gasteiger partial charge in [0.25, 0.3) is 0 Å². The van der Waals surface area contributed by atoms with Gasteiger partial charge in [-0.2, -0.15) is 0 Å². The lowest BCUT2D eigenvalue weighted by Gasteiger charge is -2.03. The molecule has 0 saturated carbocycles. The van der Waals surface area contributed by atoms with Crippen LogP contribution in [0.15, 0.2) is 0 Å². The molecule has 0 N–H and O–H groups in total. The third-order valence-electron chi connectivity index (χ3n) is 0.517. The summed E-state index contributed by atoms with van der Waals surface area (Å²) in [6.07, 6.45) is 0. The van der Waals surface area contributed by atoms with Crippen LogP contribution in [-0.4, -0.2) is 14.5 Å². The molecule has 2 unspecified atom stereocenters. The molecule has 0 saturated heterocycles. The zero-order valence-corrected chi connectivity index (χ0v) is 8.08. The van der Waals surface area contributed by atoms with Gasteiger partial charge in [-0.1, -0.05) is 35.7 Å². The van der Waals surface area contributed by atoms with Crippen molar-refractivity contribution in [3.8, 4) is 0 Å². The molecule has 0 aliphatic heterocycles. The molecule has 60 valence electrons. The Hall–Kier alpha value is 0.650. The fourth-order valence-corrected chi connectivity index (χ4v) is 2.64. The number of hydrogen-bond donors (Lipinski definition) is 0. The summed E-state index contributed by atoms with van der Waals surface area (Å²) in [5.74, 6) is 0. The number of rotatable bonds is 2. The van der Waals surface area contributed by atoms with E-state index >= 15 is 0 Å². The summed E-state index contributed by atoms with van der Waals surface area (Å²) in [6.45, 7) is 2.75. The van der Waals surface area contributed by atoms with Crippen LogP contribution in [-0.2, 0) is 0 Å². The maximum atomic E-state index is 12.1. The molecule has 0 aliphatic carbocycles. The molecule has 0 aromatic carbocycles. The van der Waals surface area contributed by atoms with Gasteiger partial charge in [0.05, 0.1) is 0 Å². The van der Waals surface area contributed by atoms with Crippen molar-refractivity contribution >= 4 is 39.3 Å². The van der Waals surface area contributed by atoms with Crippen LogP contribution in [0, 0.1) is 0 Å². The van der Waals surface area contributed by atoms with Crippen LogP contribution >= 0.6 is 35.7 Å². The van der Waals surface area contributed by atoms with E-state index in [0.717, 1.165) is 23.5 Å². The van der Waals surface area contributed by atoms with Crippen molar-refractivity contribution < 1.29 is 8.78 Å². The Morgan fingerprint density at radius 1 is 1.20 bits per heavy atom. The van der Waals surface area contributed by atoms with Gasteiger partial charge < -0.3 is 0 Å². The van der Waals surface area contributed by atoms with E-state index in [4.69, 9.17) is 0 Å². The Labute approximate surface area is 73.1 Å². The van der Waals surface area contributed by atoms with Crippen molar-refractivity contribution in [2.45, 2.75) is 24.9 Å². The molecule has 10 heavy (non-hydrogen) atoms. The Bertz CT molecular complexity index is 101. The van der Waals surface area contributed by atoms with Gasteiger partial charge in [-0.25, -0.2) is 8.78 Å². The first kappa shape index (κ1) is 10.7. The SMILES string of the molecule is CC(F)SC(=S)SC(C)F. The van der Waals surface area contributed by atoms with Gasteiger partial charge in [-0.15, -0.1) is 0 Å². The Morgan fingerprint density at radius 2 is 1.50 bits per heavy atom.